The molecule has 1 N–H and O–H groups in total. The molecule has 1 atom stereocenters. The first kappa shape index (κ1) is 21.1. The van der Waals surface area contributed by atoms with E-state index in [4.69, 9.17) is 14.5 Å². The number of piperidine rings is 1. The Balaban J connectivity index is 1.51. The number of benzene rings is 1. The number of ether oxygens (including phenoxy) is 2. The topological polar surface area (TPSA) is 80.3 Å². The Bertz CT molecular complexity index is 1070. The van der Waals surface area contributed by atoms with E-state index in [2.05, 4.69) is 27.0 Å². The maximum Gasteiger partial charge on any atom is 0.251 e. The van der Waals surface area contributed by atoms with Gasteiger partial charge in [0.05, 0.1) is 19.4 Å². The van der Waals surface area contributed by atoms with Gasteiger partial charge in [-0.2, -0.15) is 0 Å². The molecule has 0 radical (unpaired) electrons. The fourth-order valence-corrected chi connectivity index (χ4v) is 4.11. The van der Waals surface area contributed by atoms with E-state index in [9.17, 15) is 4.79 Å². The minimum Gasteiger partial charge on any atom is -0.493 e. The standard InChI is InChI=1S/C24H28N4O3/c1-3-31-22-13-17(6-7-21(22)30-2)15-28-12-4-5-19(16-28)24-26-20(14-23(29)27-24)18-8-10-25-11-9-18/h6-11,13-14,19H,3-5,12,15-16H2,1-2H3,(H,26,27,29). The summed E-state index contributed by atoms with van der Waals surface area (Å²) in [6.07, 6.45) is 5.49. The minimum atomic E-state index is -0.120. The van der Waals surface area contributed by atoms with Crippen molar-refractivity contribution in [1.82, 2.24) is 19.9 Å². The monoisotopic (exact) mass is 420 g/mol. The molecule has 1 aliphatic heterocycles. The summed E-state index contributed by atoms with van der Waals surface area (Å²) >= 11 is 0. The molecule has 162 valence electrons. The minimum absolute atomic E-state index is 0.120. The maximum atomic E-state index is 12.3. The van der Waals surface area contributed by atoms with Gasteiger partial charge in [0.25, 0.3) is 5.56 Å². The van der Waals surface area contributed by atoms with Gasteiger partial charge in [0.1, 0.15) is 5.82 Å². The van der Waals surface area contributed by atoms with Crippen LogP contribution in [0.3, 0.4) is 0 Å². The molecule has 1 aliphatic rings. The van der Waals surface area contributed by atoms with E-state index in [1.54, 1.807) is 25.6 Å². The molecule has 3 aromatic rings. The highest BCUT2D eigenvalue weighted by Crippen LogP contribution is 2.30. The van der Waals surface area contributed by atoms with E-state index < -0.39 is 0 Å². The number of hydrogen-bond acceptors (Lipinski definition) is 6. The van der Waals surface area contributed by atoms with Gasteiger partial charge in [0, 0.05) is 43.0 Å². The Hall–Kier alpha value is -3.19. The lowest BCUT2D eigenvalue weighted by atomic mass is 9.96. The summed E-state index contributed by atoms with van der Waals surface area (Å²) in [5.74, 6) is 2.46. The lowest BCUT2D eigenvalue weighted by molar-refractivity contribution is 0.196. The van der Waals surface area contributed by atoms with Gasteiger partial charge < -0.3 is 14.5 Å². The van der Waals surface area contributed by atoms with Crippen LogP contribution in [0.1, 0.15) is 37.1 Å². The smallest absolute Gasteiger partial charge is 0.251 e. The summed E-state index contributed by atoms with van der Waals surface area (Å²) in [7, 11) is 1.65. The van der Waals surface area contributed by atoms with Crippen LogP contribution < -0.4 is 15.0 Å². The summed E-state index contributed by atoms with van der Waals surface area (Å²) in [4.78, 5) is 26.5. The molecule has 1 fully saturated rings. The third-order valence-corrected chi connectivity index (χ3v) is 5.56. The summed E-state index contributed by atoms with van der Waals surface area (Å²) < 4.78 is 11.1. The number of aromatic amines is 1. The normalized spacial score (nSPS) is 16.8. The van der Waals surface area contributed by atoms with Crippen LogP contribution in [0.4, 0.5) is 0 Å². The van der Waals surface area contributed by atoms with Crippen molar-refractivity contribution in [3.05, 3.63) is 70.5 Å². The molecule has 1 saturated heterocycles. The molecule has 3 heterocycles. The maximum absolute atomic E-state index is 12.3. The highest BCUT2D eigenvalue weighted by molar-refractivity contribution is 5.57. The summed E-state index contributed by atoms with van der Waals surface area (Å²) in [5.41, 5.74) is 2.65. The number of H-pyrrole nitrogens is 1. The second-order valence-corrected chi connectivity index (χ2v) is 7.74. The van der Waals surface area contributed by atoms with Crippen LogP contribution in [0.2, 0.25) is 0 Å². The van der Waals surface area contributed by atoms with Crippen LogP contribution >= 0.6 is 0 Å². The second kappa shape index (κ2) is 9.75. The molecule has 0 spiro atoms. The van der Waals surface area contributed by atoms with Gasteiger partial charge in [-0.15, -0.1) is 0 Å². The van der Waals surface area contributed by atoms with E-state index >= 15 is 0 Å². The number of hydrogen-bond donors (Lipinski definition) is 1. The van der Waals surface area contributed by atoms with Gasteiger partial charge >= 0.3 is 0 Å². The number of likely N-dealkylation sites (tertiary alicyclic amines) is 1. The molecule has 31 heavy (non-hydrogen) atoms. The zero-order valence-corrected chi connectivity index (χ0v) is 18.0. The van der Waals surface area contributed by atoms with Crippen molar-refractivity contribution in [2.75, 3.05) is 26.8 Å². The second-order valence-electron chi connectivity index (χ2n) is 7.74. The van der Waals surface area contributed by atoms with Crippen LogP contribution in [0.25, 0.3) is 11.3 Å². The van der Waals surface area contributed by atoms with Gasteiger partial charge in [0.15, 0.2) is 11.5 Å². The van der Waals surface area contributed by atoms with Crippen molar-refractivity contribution in [2.24, 2.45) is 0 Å². The number of pyridine rings is 1. The van der Waals surface area contributed by atoms with Crippen molar-refractivity contribution in [3.8, 4) is 22.8 Å². The molecule has 0 aliphatic carbocycles. The van der Waals surface area contributed by atoms with Gasteiger partial charge in [-0.05, 0) is 56.1 Å². The summed E-state index contributed by atoms with van der Waals surface area (Å²) in [6.45, 7) is 5.24. The highest BCUT2D eigenvalue weighted by atomic mass is 16.5. The van der Waals surface area contributed by atoms with Crippen LogP contribution in [0.15, 0.2) is 53.6 Å². The molecular formula is C24H28N4O3. The summed E-state index contributed by atoms with van der Waals surface area (Å²) in [6, 6.07) is 11.4. The van der Waals surface area contributed by atoms with Crippen LogP contribution in [0.5, 0.6) is 11.5 Å². The Morgan fingerprint density at radius 1 is 1.16 bits per heavy atom. The van der Waals surface area contributed by atoms with Crippen molar-refractivity contribution in [1.29, 1.82) is 0 Å². The zero-order valence-electron chi connectivity index (χ0n) is 18.0. The Labute approximate surface area is 182 Å². The quantitative estimate of drug-likeness (QED) is 0.629. The molecule has 1 unspecified atom stereocenters. The zero-order chi connectivity index (χ0) is 21.6. The predicted molar refractivity (Wildman–Crippen MR) is 120 cm³/mol. The van der Waals surface area contributed by atoms with Gasteiger partial charge in [-0.25, -0.2) is 4.98 Å². The lowest BCUT2D eigenvalue weighted by Gasteiger charge is -2.32. The van der Waals surface area contributed by atoms with E-state index in [1.807, 2.05) is 25.1 Å². The number of aromatic nitrogens is 3. The van der Waals surface area contributed by atoms with Crippen molar-refractivity contribution in [3.63, 3.8) is 0 Å². The molecule has 0 saturated carbocycles. The largest absolute Gasteiger partial charge is 0.493 e. The average molecular weight is 421 g/mol. The third kappa shape index (κ3) is 5.11. The van der Waals surface area contributed by atoms with Crippen molar-refractivity contribution in [2.45, 2.75) is 32.2 Å². The van der Waals surface area contributed by atoms with Crippen LogP contribution in [-0.2, 0) is 6.54 Å². The third-order valence-electron chi connectivity index (χ3n) is 5.56. The molecular weight excluding hydrogens is 392 g/mol. The Kier molecular flexibility index (Phi) is 6.62. The first-order valence-electron chi connectivity index (χ1n) is 10.7. The number of rotatable bonds is 7. The molecule has 7 heteroatoms. The number of nitrogens with zero attached hydrogens (tertiary/aromatic N) is 3. The Morgan fingerprint density at radius 2 is 2.00 bits per heavy atom. The SMILES string of the molecule is CCOc1cc(CN2CCCC(c3nc(-c4ccncc4)cc(=O)[nH]3)C2)ccc1OC. The first-order valence-corrected chi connectivity index (χ1v) is 10.7. The molecule has 7 nitrogen and oxygen atoms in total. The van der Waals surface area contributed by atoms with Gasteiger partial charge in [-0.1, -0.05) is 6.07 Å². The molecule has 4 rings (SSSR count). The van der Waals surface area contributed by atoms with E-state index in [0.717, 1.165) is 55.4 Å². The molecule has 1 aromatic carbocycles. The highest BCUT2D eigenvalue weighted by Gasteiger charge is 2.24. The van der Waals surface area contributed by atoms with E-state index in [0.29, 0.717) is 12.3 Å². The molecule has 2 aromatic heterocycles. The predicted octanol–water partition coefficient (Wildman–Crippen LogP) is 3.62. The first-order chi connectivity index (χ1) is 15.2. The fourth-order valence-electron chi connectivity index (χ4n) is 4.11. The summed E-state index contributed by atoms with van der Waals surface area (Å²) in [5, 5.41) is 0. The van der Waals surface area contributed by atoms with Crippen molar-refractivity contribution >= 4 is 0 Å². The number of methoxy groups -OCH3 is 1. The van der Waals surface area contributed by atoms with Gasteiger partial charge in [0.2, 0.25) is 0 Å². The van der Waals surface area contributed by atoms with Gasteiger partial charge in [-0.3, -0.25) is 14.7 Å². The number of nitrogens with one attached hydrogen (secondary N) is 1. The average Bonchev–Trinajstić information content (AvgIpc) is 2.80. The van der Waals surface area contributed by atoms with E-state index in [1.165, 1.54) is 5.56 Å². The van der Waals surface area contributed by atoms with Crippen LogP contribution in [0, 0.1) is 0 Å². The Morgan fingerprint density at radius 3 is 2.77 bits per heavy atom. The van der Waals surface area contributed by atoms with Crippen LogP contribution in [-0.4, -0.2) is 46.7 Å². The fraction of sp³-hybridized carbons (Fsp3) is 0.375. The molecule has 0 amide bonds. The van der Waals surface area contributed by atoms with Crippen molar-refractivity contribution < 1.29 is 9.47 Å². The lowest BCUT2D eigenvalue weighted by Crippen LogP contribution is -2.35. The molecule has 0 bridgehead atoms. The van der Waals surface area contributed by atoms with E-state index in [-0.39, 0.29) is 11.5 Å².